The summed E-state index contributed by atoms with van der Waals surface area (Å²) in [5.41, 5.74) is 1.57. The number of hydrogen-bond donors (Lipinski definition) is 1. The number of carbonyl (C=O) groups excluding carboxylic acids is 1. The van der Waals surface area contributed by atoms with Gasteiger partial charge in [-0.2, -0.15) is 0 Å². The maximum absolute atomic E-state index is 12.1. The van der Waals surface area contributed by atoms with Crippen LogP contribution >= 0.6 is 23.2 Å². The largest absolute Gasteiger partial charge is 0.338 e. The topological polar surface area (TPSA) is 58.4 Å². The van der Waals surface area contributed by atoms with Gasteiger partial charge in [-0.05, 0) is 24.7 Å². The van der Waals surface area contributed by atoms with Gasteiger partial charge in [0, 0.05) is 28.1 Å². The normalized spacial score (nSPS) is 11.8. The van der Waals surface area contributed by atoms with Crippen LogP contribution in [-0.4, -0.2) is 29.6 Å². The van der Waals surface area contributed by atoms with Crippen molar-refractivity contribution in [1.82, 2.24) is 10.1 Å². The predicted molar refractivity (Wildman–Crippen MR) is 96.6 cm³/mol. The zero-order valence-corrected chi connectivity index (χ0v) is 15.7. The van der Waals surface area contributed by atoms with Crippen molar-refractivity contribution in [3.8, 4) is 0 Å². The lowest BCUT2D eigenvalue weighted by atomic mass is 9.92. The molecule has 0 fully saturated rings. The SMILES string of the molecule is CN(CC(=O)Nc1cc(C(C)(C)C)no1)Cc1ccc(Cl)cc1Cl. The van der Waals surface area contributed by atoms with Crippen molar-refractivity contribution in [3.63, 3.8) is 0 Å². The number of nitrogens with zero attached hydrogens (tertiary/aromatic N) is 2. The standard InChI is InChI=1S/C17H21Cl2N3O2/c1-17(2,3)14-8-16(24-21-14)20-15(23)10-22(4)9-11-5-6-12(18)7-13(11)19/h5-8H,9-10H2,1-4H3,(H,20,23). The fraction of sp³-hybridized carbons (Fsp3) is 0.412. The van der Waals surface area contributed by atoms with Crippen molar-refractivity contribution in [3.05, 3.63) is 45.6 Å². The molecule has 7 heteroatoms. The Morgan fingerprint density at radius 1 is 1.29 bits per heavy atom. The van der Waals surface area contributed by atoms with E-state index < -0.39 is 0 Å². The number of benzene rings is 1. The van der Waals surface area contributed by atoms with E-state index in [4.69, 9.17) is 27.7 Å². The number of amides is 1. The van der Waals surface area contributed by atoms with Gasteiger partial charge in [-0.15, -0.1) is 0 Å². The Kier molecular flexibility index (Phi) is 5.91. The fourth-order valence-corrected chi connectivity index (χ4v) is 2.57. The number of halogens is 2. The van der Waals surface area contributed by atoms with Crippen LogP contribution in [0.1, 0.15) is 32.0 Å². The molecule has 0 saturated heterocycles. The zero-order chi connectivity index (χ0) is 17.9. The Morgan fingerprint density at radius 2 is 2.00 bits per heavy atom. The highest BCUT2D eigenvalue weighted by molar-refractivity contribution is 6.35. The van der Waals surface area contributed by atoms with Crippen LogP contribution in [0.2, 0.25) is 10.0 Å². The van der Waals surface area contributed by atoms with Crippen molar-refractivity contribution in [2.24, 2.45) is 0 Å². The molecule has 0 saturated carbocycles. The van der Waals surface area contributed by atoms with E-state index in [-0.39, 0.29) is 17.9 Å². The Balaban J connectivity index is 1.91. The van der Waals surface area contributed by atoms with Gasteiger partial charge in [-0.3, -0.25) is 15.0 Å². The highest BCUT2D eigenvalue weighted by Crippen LogP contribution is 2.24. The van der Waals surface area contributed by atoms with Gasteiger partial charge in [-0.1, -0.05) is 55.2 Å². The number of likely N-dealkylation sites (N-methyl/N-ethyl adjacent to an activating group) is 1. The molecule has 1 aromatic carbocycles. The summed E-state index contributed by atoms with van der Waals surface area (Å²) in [4.78, 5) is 14.0. The minimum atomic E-state index is -0.181. The lowest BCUT2D eigenvalue weighted by molar-refractivity contribution is -0.117. The number of rotatable bonds is 5. The maximum Gasteiger partial charge on any atom is 0.240 e. The molecule has 0 spiro atoms. The Morgan fingerprint density at radius 3 is 2.58 bits per heavy atom. The maximum atomic E-state index is 12.1. The molecule has 0 radical (unpaired) electrons. The molecule has 1 amide bonds. The number of carbonyl (C=O) groups is 1. The Bertz CT molecular complexity index is 723. The number of anilines is 1. The summed E-state index contributed by atoms with van der Waals surface area (Å²) < 4.78 is 5.16. The van der Waals surface area contributed by atoms with Crippen LogP contribution in [0.5, 0.6) is 0 Å². The van der Waals surface area contributed by atoms with Crippen LogP contribution in [0.25, 0.3) is 0 Å². The summed E-state index contributed by atoms with van der Waals surface area (Å²) in [6.45, 7) is 6.82. The molecule has 1 heterocycles. The Labute approximate surface area is 151 Å². The van der Waals surface area contributed by atoms with E-state index in [2.05, 4.69) is 10.5 Å². The molecular formula is C17H21Cl2N3O2. The van der Waals surface area contributed by atoms with E-state index in [9.17, 15) is 4.79 Å². The third kappa shape index (κ3) is 5.23. The van der Waals surface area contributed by atoms with Crippen molar-refractivity contribution >= 4 is 35.0 Å². The molecule has 0 atom stereocenters. The first-order valence-corrected chi connectivity index (χ1v) is 8.30. The predicted octanol–water partition coefficient (Wildman–Crippen LogP) is 4.35. The summed E-state index contributed by atoms with van der Waals surface area (Å²) in [5.74, 6) is 0.169. The first kappa shape index (κ1) is 18.8. The third-order valence-electron chi connectivity index (χ3n) is 3.41. The summed E-state index contributed by atoms with van der Waals surface area (Å²) in [6, 6.07) is 7.06. The molecule has 24 heavy (non-hydrogen) atoms. The van der Waals surface area contributed by atoms with Crippen molar-refractivity contribution in [2.75, 3.05) is 18.9 Å². The van der Waals surface area contributed by atoms with Gasteiger partial charge in [0.15, 0.2) is 0 Å². The van der Waals surface area contributed by atoms with Gasteiger partial charge in [0.05, 0.1) is 12.2 Å². The van der Waals surface area contributed by atoms with Gasteiger partial charge in [0.2, 0.25) is 11.8 Å². The van der Waals surface area contributed by atoms with E-state index >= 15 is 0 Å². The number of aromatic nitrogens is 1. The molecule has 0 bridgehead atoms. The van der Waals surface area contributed by atoms with Gasteiger partial charge in [0.1, 0.15) is 0 Å². The van der Waals surface area contributed by atoms with Crippen LogP contribution in [0.4, 0.5) is 5.88 Å². The third-order valence-corrected chi connectivity index (χ3v) is 4.00. The second-order valence-electron chi connectivity index (χ2n) is 6.78. The fourth-order valence-electron chi connectivity index (χ4n) is 2.11. The average Bonchev–Trinajstić information content (AvgIpc) is 2.90. The minimum absolute atomic E-state index is 0.130. The molecule has 1 aromatic heterocycles. The van der Waals surface area contributed by atoms with Gasteiger partial charge in [-0.25, -0.2) is 0 Å². The summed E-state index contributed by atoms with van der Waals surface area (Å²) >= 11 is 12.0. The smallest absolute Gasteiger partial charge is 0.240 e. The van der Waals surface area contributed by atoms with Crippen LogP contribution in [-0.2, 0) is 16.8 Å². The Hall–Kier alpha value is -1.56. The lowest BCUT2D eigenvalue weighted by Gasteiger charge is -2.16. The summed E-state index contributed by atoms with van der Waals surface area (Å²) in [6.07, 6.45) is 0. The van der Waals surface area contributed by atoms with Crippen molar-refractivity contribution < 1.29 is 9.32 Å². The van der Waals surface area contributed by atoms with Gasteiger partial charge >= 0.3 is 0 Å². The van der Waals surface area contributed by atoms with Crippen LogP contribution in [0, 0.1) is 0 Å². The average molecular weight is 370 g/mol. The van der Waals surface area contributed by atoms with Crippen LogP contribution in [0.3, 0.4) is 0 Å². The zero-order valence-electron chi connectivity index (χ0n) is 14.2. The first-order chi connectivity index (χ1) is 11.1. The second-order valence-corrected chi connectivity index (χ2v) is 7.63. The summed E-state index contributed by atoms with van der Waals surface area (Å²) in [7, 11) is 1.84. The van der Waals surface area contributed by atoms with E-state index in [1.165, 1.54) is 0 Å². The van der Waals surface area contributed by atoms with Crippen LogP contribution < -0.4 is 5.32 Å². The van der Waals surface area contributed by atoms with Crippen molar-refractivity contribution in [1.29, 1.82) is 0 Å². The molecule has 130 valence electrons. The van der Waals surface area contributed by atoms with E-state index in [0.29, 0.717) is 22.5 Å². The van der Waals surface area contributed by atoms with Crippen molar-refractivity contribution in [2.45, 2.75) is 32.7 Å². The molecule has 1 N–H and O–H groups in total. The summed E-state index contributed by atoms with van der Waals surface area (Å²) in [5, 5.41) is 7.86. The number of hydrogen-bond acceptors (Lipinski definition) is 4. The van der Waals surface area contributed by atoms with Crippen LogP contribution in [0.15, 0.2) is 28.8 Å². The second kappa shape index (κ2) is 7.55. The lowest BCUT2D eigenvalue weighted by Crippen LogP contribution is -2.29. The van der Waals surface area contributed by atoms with Gasteiger partial charge < -0.3 is 4.52 Å². The van der Waals surface area contributed by atoms with Gasteiger partial charge in [0.25, 0.3) is 0 Å². The molecule has 2 aromatic rings. The molecule has 0 unspecified atom stereocenters. The first-order valence-electron chi connectivity index (χ1n) is 7.54. The molecule has 2 rings (SSSR count). The number of nitrogens with one attached hydrogen (secondary N) is 1. The van der Waals surface area contributed by atoms with E-state index in [1.54, 1.807) is 18.2 Å². The molecule has 0 aliphatic rings. The molecular weight excluding hydrogens is 349 g/mol. The minimum Gasteiger partial charge on any atom is -0.338 e. The quantitative estimate of drug-likeness (QED) is 0.850. The molecule has 0 aliphatic heterocycles. The monoisotopic (exact) mass is 369 g/mol. The molecule has 5 nitrogen and oxygen atoms in total. The van der Waals surface area contributed by atoms with E-state index in [1.807, 2.05) is 38.8 Å². The molecule has 0 aliphatic carbocycles. The highest BCUT2D eigenvalue weighted by Gasteiger charge is 2.20. The highest BCUT2D eigenvalue weighted by atomic mass is 35.5. The van der Waals surface area contributed by atoms with E-state index in [0.717, 1.165) is 11.3 Å².